The number of rotatable bonds is 6. The topological polar surface area (TPSA) is 67.4 Å². The van der Waals surface area contributed by atoms with Crippen LogP contribution in [-0.2, 0) is 16.1 Å². The molecule has 1 aromatic carbocycles. The minimum Gasteiger partial charge on any atom is -0.444 e. The van der Waals surface area contributed by atoms with E-state index in [1.807, 2.05) is 31.2 Å². The summed E-state index contributed by atoms with van der Waals surface area (Å²) in [5, 5.41) is 5.41. The summed E-state index contributed by atoms with van der Waals surface area (Å²) in [5.41, 5.74) is 1.42. The van der Waals surface area contributed by atoms with Crippen LogP contribution in [0.25, 0.3) is 6.08 Å². The Morgan fingerprint density at radius 2 is 1.87 bits per heavy atom. The lowest BCUT2D eigenvalue weighted by Crippen LogP contribution is -2.47. The predicted molar refractivity (Wildman–Crippen MR) is 91.8 cm³/mol. The maximum atomic E-state index is 12.2. The van der Waals surface area contributed by atoms with Crippen molar-refractivity contribution in [3.63, 3.8) is 0 Å². The van der Waals surface area contributed by atoms with Crippen molar-refractivity contribution in [2.45, 2.75) is 52.3 Å². The minimum absolute atomic E-state index is 0.230. The van der Waals surface area contributed by atoms with E-state index in [0.29, 0.717) is 13.0 Å². The first-order chi connectivity index (χ1) is 10.7. The molecule has 126 valence electrons. The van der Waals surface area contributed by atoms with Crippen LogP contribution in [0.1, 0.15) is 45.2 Å². The van der Waals surface area contributed by atoms with Crippen LogP contribution in [0, 0.1) is 0 Å². The molecule has 0 unspecified atom stereocenters. The fraction of sp³-hybridized carbons (Fsp3) is 0.444. The van der Waals surface area contributed by atoms with Gasteiger partial charge in [-0.05, 0) is 38.3 Å². The Bertz CT molecular complexity index is 544. The van der Waals surface area contributed by atoms with E-state index in [4.69, 9.17) is 4.74 Å². The number of carbonyl (C=O) groups is 2. The molecule has 1 rings (SSSR count). The quantitative estimate of drug-likeness (QED) is 0.846. The first-order valence-electron chi connectivity index (χ1n) is 7.73. The van der Waals surface area contributed by atoms with Gasteiger partial charge in [0.1, 0.15) is 11.6 Å². The van der Waals surface area contributed by atoms with Crippen molar-refractivity contribution >= 4 is 18.1 Å². The number of ether oxygens (including phenoxy) is 1. The highest BCUT2D eigenvalue weighted by Crippen LogP contribution is 2.08. The number of alkyl carbamates (subject to hydrolysis) is 1. The van der Waals surface area contributed by atoms with Gasteiger partial charge in [-0.25, -0.2) is 4.79 Å². The van der Waals surface area contributed by atoms with Crippen LogP contribution in [0.3, 0.4) is 0 Å². The number of hydrogen-bond acceptors (Lipinski definition) is 3. The Morgan fingerprint density at radius 1 is 1.26 bits per heavy atom. The number of amides is 2. The van der Waals surface area contributed by atoms with Crippen LogP contribution in [0.4, 0.5) is 4.79 Å². The molecule has 0 bridgehead atoms. The fourth-order valence-corrected chi connectivity index (χ4v) is 1.89. The summed E-state index contributed by atoms with van der Waals surface area (Å²) >= 11 is 0. The summed E-state index contributed by atoms with van der Waals surface area (Å²) in [6.07, 6.45) is 1.66. The van der Waals surface area contributed by atoms with E-state index in [-0.39, 0.29) is 5.91 Å². The molecule has 23 heavy (non-hydrogen) atoms. The largest absolute Gasteiger partial charge is 0.444 e. The second kappa shape index (κ2) is 8.36. The molecule has 0 aliphatic carbocycles. The highest BCUT2D eigenvalue weighted by molar-refractivity contribution is 5.85. The molecule has 0 saturated heterocycles. The first kappa shape index (κ1) is 18.7. The Labute approximate surface area is 138 Å². The van der Waals surface area contributed by atoms with Gasteiger partial charge in [0.2, 0.25) is 5.91 Å². The Kier molecular flexibility index (Phi) is 6.82. The SMILES string of the molecule is C=Cc1ccc(CNC(=O)[C@H](CC)NC(=O)OC(C)(C)C)cc1. The summed E-state index contributed by atoms with van der Waals surface area (Å²) in [6.45, 7) is 11.3. The second-order valence-corrected chi connectivity index (χ2v) is 6.27. The number of nitrogens with one attached hydrogen (secondary N) is 2. The van der Waals surface area contributed by atoms with Gasteiger partial charge in [-0.3, -0.25) is 4.79 Å². The monoisotopic (exact) mass is 318 g/mol. The third-order valence-electron chi connectivity index (χ3n) is 3.10. The van der Waals surface area contributed by atoms with E-state index < -0.39 is 17.7 Å². The zero-order valence-electron chi connectivity index (χ0n) is 14.3. The van der Waals surface area contributed by atoms with E-state index in [1.165, 1.54) is 0 Å². The molecule has 0 aliphatic heterocycles. The number of carbonyl (C=O) groups excluding carboxylic acids is 2. The van der Waals surface area contributed by atoms with Crippen molar-refractivity contribution in [1.82, 2.24) is 10.6 Å². The third kappa shape index (κ3) is 7.00. The zero-order chi connectivity index (χ0) is 17.5. The van der Waals surface area contributed by atoms with Gasteiger partial charge in [-0.2, -0.15) is 0 Å². The van der Waals surface area contributed by atoms with E-state index in [1.54, 1.807) is 26.8 Å². The van der Waals surface area contributed by atoms with Gasteiger partial charge in [0.25, 0.3) is 0 Å². The van der Waals surface area contributed by atoms with Crippen LogP contribution < -0.4 is 10.6 Å². The Morgan fingerprint density at radius 3 is 2.35 bits per heavy atom. The van der Waals surface area contributed by atoms with Crippen LogP contribution in [0.2, 0.25) is 0 Å². The lowest BCUT2D eigenvalue weighted by atomic mass is 10.1. The summed E-state index contributed by atoms with van der Waals surface area (Å²) in [7, 11) is 0. The molecule has 1 aromatic rings. The van der Waals surface area contributed by atoms with Gasteiger partial charge in [0.15, 0.2) is 0 Å². The van der Waals surface area contributed by atoms with Crippen molar-refractivity contribution in [2.75, 3.05) is 0 Å². The smallest absolute Gasteiger partial charge is 0.408 e. The van der Waals surface area contributed by atoms with Crippen LogP contribution >= 0.6 is 0 Å². The van der Waals surface area contributed by atoms with Crippen molar-refractivity contribution in [3.8, 4) is 0 Å². The Hall–Kier alpha value is -2.30. The van der Waals surface area contributed by atoms with Crippen molar-refractivity contribution in [1.29, 1.82) is 0 Å². The Balaban J connectivity index is 2.52. The van der Waals surface area contributed by atoms with Gasteiger partial charge >= 0.3 is 6.09 Å². The third-order valence-corrected chi connectivity index (χ3v) is 3.10. The van der Waals surface area contributed by atoms with Crippen molar-refractivity contribution in [2.24, 2.45) is 0 Å². The lowest BCUT2D eigenvalue weighted by Gasteiger charge is -2.22. The van der Waals surface area contributed by atoms with Crippen LogP contribution in [-0.4, -0.2) is 23.6 Å². The summed E-state index contributed by atoms with van der Waals surface area (Å²) in [6, 6.07) is 7.12. The molecule has 2 N–H and O–H groups in total. The van der Waals surface area contributed by atoms with E-state index in [2.05, 4.69) is 17.2 Å². The molecule has 0 fully saturated rings. The average molecular weight is 318 g/mol. The maximum Gasteiger partial charge on any atom is 0.408 e. The minimum atomic E-state index is -0.614. The lowest BCUT2D eigenvalue weighted by molar-refractivity contribution is -0.123. The summed E-state index contributed by atoms with van der Waals surface area (Å²) in [4.78, 5) is 23.9. The van der Waals surface area contributed by atoms with Crippen molar-refractivity contribution < 1.29 is 14.3 Å². The predicted octanol–water partition coefficient (Wildman–Crippen LogP) is 3.25. The van der Waals surface area contributed by atoms with E-state index in [0.717, 1.165) is 11.1 Å². The molecule has 0 spiro atoms. The average Bonchev–Trinajstić information content (AvgIpc) is 2.49. The molecule has 5 heteroatoms. The number of hydrogen-bond donors (Lipinski definition) is 2. The zero-order valence-corrected chi connectivity index (χ0v) is 14.3. The summed E-state index contributed by atoms with van der Waals surface area (Å²) in [5.74, 6) is -0.230. The molecular formula is C18H26N2O3. The van der Waals surface area contributed by atoms with Gasteiger partial charge in [0.05, 0.1) is 0 Å². The molecule has 0 heterocycles. The van der Waals surface area contributed by atoms with Gasteiger partial charge in [0, 0.05) is 6.54 Å². The van der Waals surface area contributed by atoms with Crippen molar-refractivity contribution in [3.05, 3.63) is 42.0 Å². The molecule has 0 aliphatic rings. The van der Waals surface area contributed by atoms with Gasteiger partial charge < -0.3 is 15.4 Å². The first-order valence-corrected chi connectivity index (χ1v) is 7.73. The van der Waals surface area contributed by atoms with Gasteiger partial charge in [-0.15, -0.1) is 0 Å². The highest BCUT2D eigenvalue weighted by atomic mass is 16.6. The van der Waals surface area contributed by atoms with E-state index >= 15 is 0 Å². The molecule has 5 nitrogen and oxygen atoms in total. The molecular weight excluding hydrogens is 292 g/mol. The van der Waals surface area contributed by atoms with Crippen LogP contribution in [0.5, 0.6) is 0 Å². The normalized spacial score (nSPS) is 12.2. The molecule has 0 radical (unpaired) electrons. The molecule has 0 aromatic heterocycles. The van der Waals surface area contributed by atoms with E-state index in [9.17, 15) is 9.59 Å². The number of benzene rings is 1. The fourth-order valence-electron chi connectivity index (χ4n) is 1.89. The molecule has 1 atom stereocenters. The molecule has 2 amide bonds. The highest BCUT2D eigenvalue weighted by Gasteiger charge is 2.22. The van der Waals surface area contributed by atoms with Gasteiger partial charge in [-0.1, -0.05) is 43.8 Å². The maximum absolute atomic E-state index is 12.2. The summed E-state index contributed by atoms with van der Waals surface area (Å²) < 4.78 is 5.17. The second-order valence-electron chi connectivity index (χ2n) is 6.27. The standard InChI is InChI=1S/C18H26N2O3/c1-6-13-8-10-14(11-9-13)12-19-16(21)15(7-2)20-17(22)23-18(3,4)5/h6,8-11,15H,1,7,12H2,2-5H3,(H,19,21)(H,20,22)/t15-/m0/s1. The van der Waals surface area contributed by atoms with Crippen LogP contribution in [0.15, 0.2) is 30.8 Å². The molecule has 0 saturated carbocycles.